The molecule has 0 amide bonds. The zero-order valence-electron chi connectivity index (χ0n) is 17.7. The highest BCUT2D eigenvalue weighted by molar-refractivity contribution is 5.62. The molecular formula is C22H46N2O2. The van der Waals surface area contributed by atoms with Crippen molar-refractivity contribution in [3.8, 4) is 0 Å². The van der Waals surface area contributed by atoms with E-state index in [4.69, 9.17) is 9.90 Å². The number of rotatable bonds is 16. The number of carboxylic acids is 1. The number of carboxylic acid groups (broad SMARTS) is 1. The fourth-order valence-corrected chi connectivity index (χ4v) is 3.49. The Morgan fingerprint density at radius 2 is 1.04 bits per heavy atom. The van der Waals surface area contributed by atoms with Crippen molar-refractivity contribution in [1.29, 1.82) is 0 Å². The van der Waals surface area contributed by atoms with E-state index in [1.807, 2.05) is 0 Å². The van der Waals surface area contributed by atoms with Gasteiger partial charge in [0.1, 0.15) is 0 Å². The number of hydrogen-bond donors (Lipinski definition) is 3. The molecule has 0 aromatic carbocycles. The van der Waals surface area contributed by atoms with E-state index in [1.165, 1.54) is 103 Å². The fourth-order valence-electron chi connectivity index (χ4n) is 3.49. The summed E-state index contributed by atoms with van der Waals surface area (Å²) in [7, 11) is 0. The first-order valence-electron chi connectivity index (χ1n) is 11.3. The van der Waals surface area contributed by atoms with Gasteiger partial charge in [-0.3, -0.25) is 4.79 Å². The third-order valence-electron chi connectivity index (χ3n) is 5.00. The van der Waals surface area contributed by atoms with Gasteiger partial charge in [0.15, 0.2) is 0 Å². The minimum absolute atomic E-state index is 0.613. The van der Waals surface area contributed by atoms with Crippen molar-refractivity contribution in [3.63, 3.8) is 0 Å². The summed E-state index contributed by atoms with van der Waals surface area (Å²) >= 11 is 0. The molecule has 0 unspecified atom stereocenters. The Morgan fingerprint density at radius 1 is 0.731 bits per heavy atom. The van der Waals surface area contributed by atoms with Crippen molar-refractivity contribution in [1.82, 2.24) is 10.6 Å². The molecular weight excluding hydrogens is 324 g/mol. The normalized spacial score (nSPS) is 14.2. The molecule has 4 heteroatoms. The molecule has 0 aromatic heterocycles. The van der Waals surface area contributed by atoms with Crippen LogP contribution < -0.4 is 10.6 Å². The van der Waals surface area contributed by atoms with Gasteiger partial charge >= 0.3 is 0 Å². The molecule has 0 radical (unpaired) electrons. The lowest BCUT2D eigenvalue weighted by Crippen LogP contribution is -2.30. The molecule has 1 saturated heterocycles. The number of carbonyl (C=O) groups is 1. The van der Waals surface area contributed by atoms with E-state index in [0.29, 0.717) is 6.17 Å². The molecule has 1 aliphatic rings. The Hall–Kier alpha value is -0.610. The third-order valence-corrected chi connectivity index (χ3v) is 5.00. The van der Waals surface area contributed by atoms with Crippen molar-refractivity contribution in [2.45, 2.75) is 123 Å². The Balaban J connectivity index is 0.00000141. The summed E-state index contributed by atoms with van der Waals surface area (Å²) in [5.41, 5.74) is 0. The number of nitrogens with one attached hydrogen (secondary N) is 2. The molecule has 0 aliphatic carbocycles. The summed E-state index contributed by atoms with van der Waals surface area (Å²) in [6.07, 6.45) is 23.7. The number of unbranched alkanes of at least 4 members (excludes halogenated alkanes) is 14. The number of aliphatic carboxylic acids is 1. The molecule has 156 valence electrons. The average molecular weight is 371 g/mol. The van der Waals surface area contributed by atoms with Gasteiger partial charge in [0.25, 0.3) is 5.97 Å². The maximum atomic E-state index is 9.00. The topological polar surface area (TPSA) is 61.4 Å². The summed E-state index contributed by atoms with van der Waals surface area (Å²) < 4.78 is 0. The van der Waals surface area contributed by atoms with Crippen LogP contribution in [0.15, 0.2) is 0 Å². The van der Waals surface area contributed by atoms with Crippen molar-refractivity contribution < 1.29 is 9.90 Å². The third kappa shape index (κ3) is 21.4. The summed E-state index contributed by atoms with van der Waals surface area (Å²) in [5, 5.41) is 14.4. The highest BCUT2D eigenvalue weighted by atomic mass is 16.4. The van der Waals surface area contributed by atoms with E-state index in [2.05, 4.69) is 17.6 Å². The quantitative estimate of drug-likeness (QED) is 0.298. The van der Waals surface area contributed by atoms with E-state index >= 15 is 0 Å². The zero-order valence-corrected chi connectivity index (χ0v) is 17.7. The summed E-state index contributed by atoms with van der Waals surface area (Å²) in [5.74, 6) is -0.833. The van der Waals surface area contributed by atoms with Crippen LogP contribution in [0.1, 0.15) is 117 Å². The maximum Gasteiger partial charge on any atom is 0.300 e. The lowest BCUT2D eigenvalue weighted by atomic mass is 10.0. The first-order valence-corrected chi connectivity index (χ1v) is 11.3. The second-order valence-electron chi connectivity index (χ2n) is 7.72. The summed E-state index contributed by atoms with van der Waals surface area (Å²) in [6.45, 7) is 5.69. The highest BCUT2D eigenvalue weighted by Gasteiger charge is 2.11. The van der Waals surface area contributed by atoms with Crippen molar-refractivity contribution in [2.75, 3.05) is 13.1 Å². The van der Waals surface area contributed by atoms with Gasteiger partial charge in [-0.25, -0.2) is 0 Å². The van der Waals surface area contributed by atoms with Crippen LogP contribution in [0.4, 0.5) is 0 Å². The Bertz CT molecular complexity index is 288. The second kappa shape index (κ2) is 20.7. The highest BCUT2D eigenvalue weighted by Crippen LogP contribution is 2.14. The predicted octanol–water partition coefficient (Wildman–Crippen LogP) is 5.86. The van der Waals surface area contributed by atoms with Gasteiger partial charge in [-0.15, -0.1) is 0 Å². The van der Waals surface area contributed by atoms with Gasteiger partial charge in [0.2, 0.25) is 0 Å². The van der Waals surface area contributed by atoms with Gasteiger partial charge in [-0.1, -0.05) is 103 Å². The van der Waals surface area contributed by atoms with Gasteiger partial charge in [-0.2, -0.15) is 0 Å². The zero-order chi connectivity index (χ0) is 19.3. The molecule has 4 nitrogen and oxygen atoms in total. The molecule has 1 heterocycles. The van der Waals surface area contributed by atoms with Crippen LogP contribution in [0.5, 0.6) is 0 Å². The SMILES string of the molecule is CC(=O)O.CCCCCCCCCCCCCCCCCC1NCCN1. The van der Waals surface area contributed by atoms with Gasteiger partial charge in [0, 0.05) is 20.0 Å². The van der Waals surface area contributed by atoms with Crippen LogP contribution >= 0.6 is 0 Å². The molecule has 26 heavy (non-hydrogen) atoms. The minimum Gasteiger partial charge on any atom is -0.481 e. The maximum absolute atomic E-state index is 9.00. The van der Waals surface area contributed by atoms with Gasteiger partial charge in [0.05, 0.1) is 6.17 Å². The Morgan fingerprint density at radius 3 is 1.38 bits per heavy atom. The van der Waals surface area contributed by atoms with Gasteiger partial charge in [-0.05, 0) is 6.42 Å². The molecule has 1 aliphatic heterocycles. The first-order chi connectivity index (χ1) is 12.7. The first kappa shape index (κ1) is 25.4. The van der Waals surface area contributed by atoms with Crippen molar-refractivity contribution in [3.05, 3.63) is 0 Å². The molecule has 1 rings (SSSR count). The smallest absolute Gasteiger partial charge is 0.300 e. The van der Waals surface area contributed by atoms with Crippen LogP contribution in [0.25, 0.3) is 0 Å². The lowest BCUT2D eigenvalue weighted by Gasteiger charge is -2.09. The van der Waals surface area contributed by atoms with E-state index in [1.54, 1.807) is 0 Å². The summed E-state index contributed by atoms with van der Waals surface area (Å²) in [6, 6.07) is 0. The van der Waals surface area contributed by atoms with E-state index in [9.17, 15) is 0 Å². The molecule has 3 N–H and O–H groups in total. The Labute approximate surface area is 162 Å². The molecule has 0 aromatic rings. The van der Waals surface area contributed by atoms with Crippen LogP contribution in [-0.4, -0.2) is 30.3 Å². The molecule has 0 atom stereocenters. The Kier molecular flexibility index (Phi) is 20.2. The van der Waals surface area contributed by atoms with Crippen LogP contribution in [0.2, 0.25) is 0 Å². The molecule has 0 bridgehead atoms. The molecule has 1 fully saturated rings. The second-order valence-corrected chi connectivity index (χ2v) is 7.72. The van der Waals surface area contributed by atoms with E-state index in [-0.39, 0.29) is 0 Å². The van der Waals surface area contributed by atoms with Crippen LogP contribution in [0, 0.1) is 0 Å². The van der Waals surface area contributed by atoms with Crippen molar-refractivity contribution >= 4 is 5.97 Å². The lowest BCUT2D eigenvalue weighted by molar-refractivity contribution is -0.134. The van der Waals surface area contributed by atoms with Gasteiger partial charge < -0.3 is 15.7 Å². The average Bonchev–Trinajstić information content (AvgIpc) is 3.11. The van der Waals surface area contributed by atoms with E-state index in [0.717, 1.165) is 20.0 Å². The van der Waals surface area contributed by atoms with Crippen LogP contribution in [-0.2, 0) is 4.79 Å². The molecule has 0 saturated carbocycles. The predicted molar refractivity (Wildman–Crippen MR) is 113 cm³/mol. The monoisotopic (exact) mass is 370 g/mol. The van der Waals surface area contributed by atoms with E-state index < -0.39 is 5.97 Å². The largest absolute Gasteiger partial charge is 0.481 e. The fraction of sp³-hybridized carbons (Fsp3) is 0.955. The minimum atomic E-state index is -0.833. The number of hydrogen-bond acceptors (Lipinski definition) is 3. The van der Waals surface area contributed by atoms with Crippen LogP contribution in [0.3, 0.4) is 0 Å². The van der Waals surface area contributed by atoms with Crippen molar-refractivity contribution in [2.24, 2.45) is 0 Å². The molecule has 0 spiro atoms. The summed E-state index contributed by atoms with van der Waals surface area (Å²) in [4.78, 5) is 9.00. The standard InChI is InChI=1S/C20H42N2.C2H4O2/c1-2-3-4-5-6-7-8-9-10-11-12-13-14-15-16-17-20-21-18-19-22-20;1-2(3)4/h20-22H,2-19H2,1H3;1H3,(H,3,4).